The summed E-state index contributed by atoms with van der Waals surface area (Å²) in [7, 11) is 2.60. The van der Waals surface area contributed by atoms with E-state index in [1.165, 1.54) is 31.6 Å². The van der Waals surface area contributed by atoms with Crippen molar-refractivity contribution in [1.29, 1.82) is 0 Å². The van der Waals surface area contributed by atoms with Gasteiger partial charge in [-0.25, -0.2) is 18.6 Å². The number of carbonyl (C=O) groups excluding carboxylic acids is 2. The molecule has 0 spiro atoms. The van der Waals surface area contributed by atoms with Crippen molar-refractivity contribution in [2.45, 2.75) is 31.7 Å². The van der Waals surface area contributed by atoms with Gasteiger partial charge in [-0.15, -0.1) is 11.3 Å². The maximum atomic E-state index is 14.4. The number of amidine groups is 1. The summed E-state index contributed by atoms with van der Waals surface area (Å²) < 4.78 is 38.1. The van der Waals surface area contributed by atoms with Gasteiger partial charge in [-0.3, -0.25) is 9.79 Å². The summed E-state index contributed by atoms with van der Waals surface area (Å²) >= 11 is 7.51. The highest BCUT2D eigenvalue weighted by Gasteiger charge is 2.39. The number of rotatable bonds is 5. The van der Waals surface area contributed by atoms with Gasteiger partial charge >= 0.3 is 11.9 Å². The molecule has 4 rings (SSSR count). The lowest BCUT2D eigenvalue weighted by molar-refractivity contribution is -0.146. The van der Waals surface area contributed by atoms with E-state index in [1.54, 1.807) is 11.6 Å². The highest BCUT2D eigenvalue weighted by molar-refractivity contribution is 7.11. The minimum absolute atomic E-state index is 0.132. The molecular formula is C23H22ClF2N3O4S. The molecule has 0 radical (unpaired) electrons. The summed E-state index contributed by atoms with van der Waals surface area (Å²) in [6.45, 7) is 0. The number of esters is 2. The number of aromatic nitrogens is 1. The maximum absolute atomic E-state index is 14.4. The van der Waals surface area contributed by atoms with Crippen LogP contribution in [0.5, 0.6) is 0 Å². The molecule has 2 heterocycles. The van der Waals surface area contributed by atoms with Crippen LogP contribution in [0.25, 0.3) is 0 Å². The van der Waals surface area contributed by atoms with Gasteiger partial charge in [-0.2, -0.15) is 0 Å². The fraction of sp³-hybridized carbons (Fsp3) is 0.391. The van der Waals surface area contributed by atoms with E-state index < -0.39 is 28.7 Å². The van der Waals surface area contributed by atoms with Gasteiger partial charge < -0.3 is 14.8 Å². The van der Waals surface area contributed by atoms with Crippen LogP contribution in [-0.2, 0) is 19.1 Å². The number of methoxy groups -OCH3 is 2. The van der Waals surface area contributed by atoms with Crippen LogP contribution in [0, 0.1) is 23.5 Å². The Hall–Kier alpha value is -2.85. The zero-order valence-electron chi connectivity index (χ0n) is 18.4. The Morgan fingerprint density at radius 2 is 1.88 bits per heavy atom. The number of allylic oxidation sites excluding steroid dienone is 1. The second kappa shape index (κ2) is 10.2. The van der Waals surface area contributed by atoms with E-state index in [0.29, 0.717) is 42.2 Å². The third kappa shape index (κ3) is 4.56. The molecular weight excluding hydrogens is 488 g/mol. The van der Waals surface area contributed by atoms with Crippen molar-refractivity contribution in [2.75, 3.05) is 14.2 Å². The molecule has 34 heavy (non-hydrogen) atoms. The number of halogens is 3. The zero-order valence-corrected chi connectivity index (χ0v) is 20.0. The molecule has 0 bridgehead atoms. The molecule has 1 aromatic carbocycles. The van der Waals surface area contributed by atoms with E-state index in [-0.39, 0.29) is 28.9 Å². The van der Waals surface area contributed by atoms with Gasteiger partial charge in [-0.05, 0) is 37.7 Å². The van der Waals surface area contributed by atoms with Crippen LogP contribution in [0.4, 0.5) is 8.78 Å². The molecule has 1 atom stereocenters. The number of nitrogens with one attached hydrogen (secondary N) is 1. The Morgan fingerprint density at radius 1 is 1.15 bits per heavy atom. The third-order valence-corrected chi connectivity index (χ3v) is 7.31. The molecule has 1 aliphatic heterocycles. The normalized spacial score (nSPS) is 22.6. The first kappa shape index (κ1) is 24.3. The molecule has 11 heteroatoms. The van der Waals surface area contributed by atoms with Crippen molar-refractivity contribution in [2.24, 2.45) is 16.8 Å². The van der Waals surface area contributed by atoms with Crippen LogP contribution in [0.15, 0.2) is 40.0 Å². The van der Waals surface area contributed by atoms with Crippen molar-refractivity contribution in [3.63, 3.8) is 0 Å². The van der Waals surface area contributed by atoms with E-state index in [9.17, 15) is 18.4 Å². The smallest absolute Gasteiger partial charge is 0.338 e. The number of nitrogens with zero attached hydrogens (tertiary/aromatic N) is 2. The first-order valence-electron chi connectivity index (χ1n) is 10.6. The van der Waals surface area contributed by atoms with Crippen LogP contribution in [0.3, 0.4) is 0 Å². The van der Waals surface area contributed by atoms with Crippen LogP contribution >= 0.6 is 22.9 Å². The minimum Gasteiger partial charge on any atom is -0.469 e. The summed E-state index contributed by atoms with van der Waals surface area (Å²) in [5.41, 5.74) is 0.857. The molecule has 1 N–H and O–H groups in total. The highest BCUT2D eigenvalue weighted by atomic mass is 35.5. The molecule has 7 nitrogen and oxygen atoms in total. The predicted octanol–water partition coefficient (Wildman–Crippen LogP) is 4.57. The fourth-order valence-corrected chi connectivity index (χ4v) is 5.28. The summed E-state index contributed by atoms with van der Waals surface area (Å²) in [4.78, 5) is 33.9. The first-order valence-corrected chi connectivity index (χ1v) is 11.9. The number of thiazole rings is 1. The molecule has 1 saturated carbocycles. The second-order valence-electron chi connectivity index (χ2n) is 8.00. The maximum Gasteiger partial charge on any atom is 0.338 e. The summed E-state index contributed by atoms with van der Waals surface area (Å²) in [6.07, 6.45) is 3.98. The van der Waals surface area contributed by atoms with Crippen molar-refractivity contribution in [3.8, 4) is 0 Å². The zero-order chi connectivity index (χ0) is 24.4. The fourth-order valence-electron chi connectivity index (χ4n) is 4.43. The van der Waals surface area contributed by atoms with Gasteiger partial charge in [-0.1, -0.05) is 17.7 Å². The van der Waals surface area contributed by atoms with E-state index in [0.717, 1.165) is 6.07 Å². The number of aliphatic imine (C=N–C) groups is 1. The quantitative estimate of drug-likeness (QED) is 0.469. The van der Waals surface area contributed by atoms with E-state index in [4.69, 9.17) is 21.1 Å². The minimum atomic E-state index is -1.21. The van der Waals surface area contributed by atoms with E-state index >= 15 is 0 Å². The number of benzene rings is 1. The average Bonchev–Trinajstić information content (AvgIpc) is 3.41. The Bertz CT molecular complexity index is 1160. The monoisotopic (exact) mass is 509 g/mol. The molecule has 0 amide bonds. The van der Waals surface area contributed by atoms with Crippen molar-refractivity contribution in [1.82, 2.24) is 10.3 Å². The predicted molar refractivity (Wildman–Crippen MR) is 122 cm³/mol. The van der Waals surface area contributed by atoms with Gasteiger partial charge in [0.15, 0.2) is 22.5 Å². The number of hydrogen-bond acceptors (Lipinski definition) is 8. The topological polar surface area (TPSA) is 89.9 Å². The molecule has 180 valence electrons. The Labute approximate surface area is 203 Å². The van der Waals surface area contributed by atoms with Crippen molar-refractivity contribution >= 4 is 40.7 Å². The molecule has 1 aliphatic carbocycles. The Morgan fingerprint density at radius 3 is 2.50 bits per heavy atom. The van der Waals surface area contributed by atoms with Gasteiger partial charge in [0.25, 0.3) is 0 Å². The number of carbonyl (C=O) groups is 2. The summed E-state index contributed by atoms with van der Waals surface area (Å²) in [5, 5.41) is 5.13. The van der Waals surface area contributed by atoms with Crippen LogP contribution in [0.2, 0.25) is 5.02 Å². The lowest BCUT2D eigenvalue weighted by Crippen LogP contribution is -2.38. The van der Waals surface area contributed by atoms with Crippen molar-refractivity contribution < 1.29 is 27.8 Å². The van der Waals surface area contributed by atoms with Gasteiger partial charge in [0, 0.05) is 22.8 Å². The summed E-state index contributed by atoms with van der Waals surface area (Å²) in [6, 6.07) is 1.23. The lowest BCUT2D eigenvalue weighted by Gasteiger charge is -2.34. The van der Waals surface area contributed by atoms with Crippen LogP contribution in [-0.4, -0.2) is 37.0 Å². The molecule has 1 fully saturated rings. The highest BCUT2D eigenvalue weighted by Crippen LogP contribution is 2.42. The SMILES string of the molecule is COC(=O)C1=C([C@H]2CC[C@H](C(=O)OC)CC2)NC(c2nccs2)=NC1c1ccc(F)c(F)c1Cl. The van der Waals surface area contributed by atoms with Gasteiger partial charge in [0.1, 0.15) is 6.04 Å². The molecule has 0 saturated heterocycles. The Kier molecular flexibility index (Phi) is 7.27. The van der Waals surface area contributed by atoms with Crippen molar-refractivity contribution in [3.05, 3.63) is 62.2 Å². The first-order chi connectivity index (χ1) is 16.3. The molecule has 2 aromatic rings. The van der Waals surface area contributed by atoms with Gasteiger partial charge in [0.2, 0.25) is 0 Å². The largest absolute Gasteiger partial charge is 0.469 e. The standard InChI is InChI=1S/C23H22ClF2N3O4S/c1-32-22(30)12-5-3-11(4-6-12)18-15(23(31)33-2)19(13-7-8-14(25)17(26)16(13)24)29-20(28-18)21-27-9-10-34-21/h7-12,19H,3-6H2,1-2H3,(H,28,29)/t11-,12-,19?. The number of ether oxygens (including phenoxy) is 2. The van der Waals surface area contributed by atoms with E-state index in [1.807, 2.05) is 0 Å². The van der Waals surface area contributed by atoms with Crippen LogP contribution < -0.4 is 5.32 Å². The second-order valence-corrected chi connectivity index (χ2v) is 9.27. The lowest BCUT2D eigenvalue weighted by atomic mass is 9.78. The third-order valence-electron chi connectivity index (χ3n) is 6.14. The number of hydrogen-bond donors (Lipinski definition) is 1. The van der Waals surface area contributed by atoms with E-state index in [2.05, 4.69) is 15.3 Å². The average molecular weight is 510 g/mol. The summed E-state index contributed by atoms with van der Waals surface area (Å²) in [5.74, 6) is -3.19. The van der Waals surface area contributed by atoms with Crippen LogP contribution in [0.1, 0.15) is 42.3 Å². The Balaban J connectivity index is 1.82. The van der Waals surface area contributed by atoms with Gasteiger partial charge in [0.05, 0.1) is 30.7 Å². The molecule has 1 unspecified atom stereocenters. The molecule has 1 aromatic heterocycles. The molecule has 2 aliphatic rings.